The van der Waals surface area contributed by atoms with E-state index >= 15 is 0 Å². The number of nitrogens with zero attached hydrogens (tertiary/aromatic N) is 2. The molecule has 1 aliphatic carbocycles. The van der Waals surface area contributed by atoms with Gasteiger partial charge in [0.05, 0.1) is 10.6 Å². The normalized spacial score (nSPS) is 14.8. The van der Waals surface area contributed by atoms with E-state index in [1.54, 1.807) is 42.5 Å². The monoisotopic (exact) mass is 581 g/mol. The third-order valence-corrected chi connectivity index (χ3v) is 9.30. The first-order valence-electron chi connectivity index (χ1n) is 13.8. The molecule has 3 aromatic carbocycles. The summed E-state index contributed by atoms with van der Waals surface area (Å²) < 4.78 is 28.7. The summed E-state index contributed by atoms with van der Waals surface area (Å²) in [5.41, 5.74) is 1.16. The van der Waals surface area contributed by atoms with Crippen LogP contribution >= 0.6 is 11.6 Å². The number of halogens is 1. The van der Waals surface area contributed by atoms with Gasteiger partial charge in [-0.25, -0.2) is 8.42 Å². The van der Waals surface area contributed by atoms with Crippen LogP contribution in [0.1, 0.15) is 51.0 Å². The molecule has 1 aliphatic rings. The first-order chi connectivity index (χ1) is 19.3. The molecule has 0 unspecified atom stereocenters. The minimum Gasteiger partial charge on any atom is -0.352 e. The van der Waals surface area contributed by atoms with Crippen LogP contribution < -0.4 is 9.62 Å². The van der Waals surface area contributed by atoms with E-state index in [0.717, 1.165) is 35.6 Å². The van der Waals surface area contributed by atoms with Gasteiger partial charge >= 0.3 is 0 Å². The molecule has 0 heterocycles. The number of carbonyl (C=O) groups excluding carboxylic acids is 2. The van der Waals surface area contributed by atoms with E-state index < -0.39 is 28.5 Å². The predicted octanol–water partition coefficient (Wildman–Crippen LogP) is 5.79. The first kappa shape index (κ1) is 29.6. The van der Waals surface area contributed by atoms with Crippen LogP contribution in [-0.2, 0) is 26.2 Å². The number of rotatable bonds is 11. The molecule has 9 heteroatoms. The van der Waals surface area contributed by atoms with Gasteiger partial charge in [-0.05, 0) is 61.2 Å². The molecule has 0 aliphatic heterocycles. The Morgan fingerprint density at radius 3 is 2.10 bits per heavy atom. The van der Waals surface area contributed by atoms with E-state index in [9.17, 15) is 18.0 Å². The fourth-order valence-corrected chi connectivity index (χ4v) is 6.66. The molecule has 1 atom stereocenters. The molecule has 7 nitrogen and oxygen atoms in total. The third kappa shape index (κ3) is 7.43. The second-order valence-electron chi connectivity index (χ2n) is 10.1. The minimum atomic E-state index is -4.10. The second kappa shape index (κ2) is 13.8. The summed E-state index contributed by atoms with van der Waals surface area (Å²) in [6, 6.07) is 23.1. The molecule has 2 amide bonds. The molecule has 4 rings (SSSR count). The zero-order valence-corrected chi connectivity index (χ0v) is 24.3. The van der Waals surface area contributed by atoms with E-state index in [1.165, 1.54) is 23.5 Å². The first-order valence-corrected chi connectivity index (χ1v) is 15.6. The lowest BCUT2D eigenvalue weighted by Gasteiger charge is -2.34. The molecule has 0 spiro atoms. The van der Waals surface area contributed by atoms with Crippen molar-refractivity contribution in [1.82, 2.24) is 10.2 Å². The average Bonchev–Trinajstić information content (AvgIpc) is 2.97. The van der Waals surface area contributed by atoms with Crippen LogP contribution in [0.3, 0.4) is 0 Å². The largest absolute Gasteiger partial charge is 0.352 e. The summed E-state index contributed by atoms with van der Waals surface area (Å²) in [4.78, 5) is 29.2. The molecule has 40 heavy (non-hydrogen) atoms. The number of amides is 2. The van der Waals surface area contributed by atoms with Gasteiger partial charge in [-0.1, -0.05) is 86.3 Å². The number of benzene rings is 3. The third-order valence-electron chi connectivity index (χ3n) is 7.26. The lowest BCUT2D eigenvalue weighted by Crippen LogP contribution is -2.54. The van der Waals surface area contributed by atoms with Gasteiger partial charge in [-0.3, -0.25) is 13.9 Å². The van der Waals surface area contributed by atoms with Crippen molar-refractivity contribution in [3.63, 3.8) is 0 Å². The SMILES string of the molecule is CC[C@H](C(=O)NC1CCCCC1)N(Cc1ccccc1)C(=O)CN(c1ccc(Cl)cc1)S(=O)(=O)c1ccccc1. The summed E-state index contributed by atoms with van der Waals surface area (Å²) >= 11 is 6.08. The molecular weight excluding hydrogens is 546 g/mol. The number of hydrogen-bond acceptors (Lipinski definition) is 4. The zero-order valence-electron chi connectivity index (χ0n) is 22.7. The quantitative estimate of drug-likeness (QED) is 0.310. The Kier molecular flexibility index (Phi) is 10.2. The van der Waals surface area contributed by atoms with Crippen LogP contribution in [0, 0.1) is 0 Å². The Morgan fingerprint density at radius 1 is 0.900 bits per heavy atom. The van der Waals surface area contributed by atoms with Crippen molar-refractivity contribution in [2.75, 3.05) is 10.8 Å². The lowest BCUT2D eigenvalue weighted by molar-refractivity contribution is -0.140. The molecule has 212 valence electrons. The molecule has 0 radical (unpaired) electrons. The maximum absolute atomic E-state index is 14.1. The molecule has 3 aromatic rings. The van der Waals surface area contributed by atoms with Gasteiger partial charge in [0.15, 0.2) is 0 Å². The average molecular weight is 582 g/mol. The number of sulfonamides is 1. The van der Waals surface area contributed by atoms with Gasteiger partial charge in [0, 0.05) is 17.6 Å². The van der Waals surface area contributed by atoms with E-state index in [2.05, 4.69) is 5.32 Å². The molecule has 1 N–H and O–H groups in total. The van der Waals surface area contributed by atoms with Crippen LogP contribution in [0.25, 0.3) is 0 Å². The second-order valence-corrected chi connectivity index (χ2v) is 12.4. The van der Waals surface area contributed by atoms with Crippen LogP contribution in [-0.4, -0.2) is 43.8 Å². The number of carbonyl (C=O) groups is 2. The summed E-state index contributed by atoms with van der Waals surface area (Å²) in [7, 11) is -4.10. The van der Waals surface area contributed by atoms with Crippen molar-refractivity contribution >= 4 is 39.1 Å². The fourth-order valence-electron chi connectivity index (χ4n) is 5.10. The number of hydrogen-bond donors (Lipinski definition) is 1. The van der Waals surface area contributed by atoms with Gasteiger partial charge in [-0.2, -0.15) is 0 Å². The Hall–Kier alpha value is -3.36. The minimum absolute atomic E-state index is 0.0643. The molecule has 0 saturated heterocycles. The Labute approximate surface area is 242 Å². The van der Waals surface area contributed by atoms with E-state index in [-0.39, 0.29) is 23.4 Å². The molecule has 0 bridgehead atoms. The number of anilines is 1. The highest BCUT2D eigenvalue weighted by Gasteiger charge is 2.34. The van der Waals surface area contributed by atoms with Gasteiger partial charge < -0.3 is 10.2 Å². The fraction of sp³-hybridized carbons (Fsp3) is 0.355. The molecule has 0 aromatic heterocycles. The van der Waals surface area contributed by atoms with E-state index in [1.807, 2.05) is 37.3 Å². The summed E-state index contributed by atoms with van der Waals surface area (Å²) in [5.74, 6) is -0.674. The van der Waals surface area contributed by atoms with Crippen molar-refractivity contribution in [2.24, 2.45) is 0 Å². The molecule has 1 saturated carbocycles. The smallest absolute Gasteiger partial charge is 0.264 e. The van der Waals surface area contributed by atoms with Gasteiger partial charge in [0.2, 0.25) is 11.8 Å². The Bertz CT molecular complexity index is 1360. The summed E-state index contributed by atoms with van der Waals surface area (Å²) in [6.45, 7) is 1.57. The zero-order chi connectivity index (χ0) is 28.5. The predicted molar refractivity (Wildman–Crippen MR) is 159 cm³/mol. The maximum Gasteiger partial charge on any atom is 0.264 e. The van der Waals surface area contributed by atoms with E-state index in [4.69, 9.17) is 11.6 Å². The van der Waals surface area contributed by atoms with Crippen molar-refractivity contribution in [1.29, 1.82) is 0 Å². The summed E-state index contributed by atoms with van der Waals surface area (Å²) in [6.07, 6.45) is 5.55. The van der Waals surface area contributed by atoms with Gasteiger partial charge in [0.25, 0.3) is 10.0 Å². The van der Waals surface area contributed by atoms with Gasteiger partial charge in [0.1, 0.15) is 12.6 Å². The van der Waals surface area contributed by atoms with Crippen molar-refractivity contribution in [3.8, 4) is 0 Å². The van der Waals surface area contributed by atoms with Crippen molar-refractivity contribution < 1.29 is 18.0 Å². The molecule has 1 fully saturated rings. The van der Waals surface area contributed by atoms with Crippen LogP contribution in [0.5, 0.6) is 0 Å². The standard InChI is InChI=1S/C31H36ClN3O4S/c1-2-29(31(37)33-26-14-8-4-9-15-26)34(22-24-12-6-3-7-13-24)30(36)23-35(27-20-18-25(32)19-21-27)40(38,39)28-16-10-5-11-17-28/h3,5-7,10-13,16-21,26,29H,2,4,8-9,14-15,22-23H2,1H3,(H,33,37)/t29-/m1/s1. The highest BCUT2D eigenvalue weighted by Crippen LogP contribution is 2.26. The Morgan fingerprint density at radius 2 is 1.50 bits per heavy atom. The highest BCUT2D eigenvalue weighted by atomic mass is 35.5. The highest BCUT2D eigenvalue weighted by molar-refractivity contribution is 7.92. The van der Waals surface area contributed by atoms with Crippen LogP contribution in [0.4, 0.5) is 5.69 Å². The van der Waals surface area contributed by atoms with Crippen molar-refractivity contribution in [2.45, 2.75) is 69.0 Å². The van der Waals surface area contributed by atoms with Crippen LogP contribution in [0.15, 0.2) is 89.8 Å². The van der Waals surface area contributed by atoms with Crippen molar-refractivity contribution in [3.05, 3.63) is 95.5 Å². The Balaban J connectivity index is 1.67. The van der Waals surface area contributed by atoms with E-state index in [0.29, 0.717) is 17.1 Å². The summed E-state index contributed by atoms with van der Waals surface area (Å²) in [5, 5.41) is 3.61. The number of nitrogens with one attached hydrogen (secondary N) is 1. The molecular formula is C31H36ClN3O4S. The van der Waals surface area contributed by atoms with Gasteiger partial charge in [-0.15, -0.1) is 0 Å². The lowest BCUT2D eigenvalue weighted by atomic mass is 9.95. The maximum atomic E-state index is 14.1. The topological polar surface area (TPSA) is 86.8 Å². The van der Waals surface area contributed by atoms with Crippen LogP contribution in [0.2, 0.25) is 5.02 Å².